The van der Waals surface area contributed by atoms with E-state index in [9.17, 15) is 10.1 Å². The number of aliphatic hydroxyl groups is 1. The fourth-order valence-corrected chi connectivity index (χ4v) is 1.48. The van der Waals surface area contributed by atoms with Gasteiger partial charge in [-0.05, 0) is 12.5 Å². The zero-order valence-electron chi connectivity index (χ0n) is 9.01. The van der Waals surface area contributed by atoms with Gasteiger partial charge in [-0.15, -0.1) is 0 Å². The van der Waals surface area contributed by atoms with Crippen molar-refractivity contribution in [3.05, 3.63) is 28.3 Å². The number of aromatic nitrogens is 2. The molecule has 0 saturated heterocycles. The summed E-state index contributed by atoms with van der Waals surface area (Å²) in [6.07, 6.45) is 0.622. The van der Waals surface area contributed by atoms with Crippen LogP contribution < -0.4 is 5.32 Å². The number of imidazole rings is 1. The second-order valence-electron chi connectivity index (χ2n) is 3.55. The van der Waals surface area contributed by atoms with Crippen LogP contribution in [0.2, 0.25) is 0 Å². The molecule has 17 heavy (non-hydrogen) atoms. The van der Waals surface area contributed by atoms with Gasteiger partial charge in [0.2, 0.25) is 5.95 Å². The Labute approximate surface area is 96.6 Å². The van der Waals surface area contributed by atoms with E-state index in [-0.39, 0.29) is 12.3 Å². The Hall–Kier alpha value is -2.15. The van der Waals surface area contributed by atoms with E-state index >= 15 is 0 Å². The fourth-order valence-electron chi connectivity index (χ4n) is 1.48. The maximum atomic E-state index is 10.6. The van der Waals surface area contributed by atoms with Crippen LogP contribution in [0.15, 0.2) is 18.2 Å². The lowest BCUT2D eigenvalue weighted by molar-refractivity contribution is -0.384. The second-order valence-corrected chi connectivity index (χ2v) is 3.55. The summed E-state index contributed by atoms with van der Waals surface area (Å²) in [4.78, 5) is 17.3. The molecule has 0 radical (unpaired) electrons. The maximum Gasteiger partial charge on any atom is 0.271 e. The Morgan fingerprint density at radius 1 is 1.53 bits per heavy atom. The minimum absolute atomic E-state index is 0.0306. The molecule has 0 aliphatic heterocycles. The van der Waals surface area contributed by atoms with Gasteiger partial charge in [-0.2, -0.15) is 0 Å². The van der Waals surface area contributed by atoms with Gasteiger partial charge in [0.25, 0.3) is 5.69 Å². The second kappa shape index (κ2) is 4.79. The molecule has 0 amide bonds. The lowest BCUT2D eigenvalue weighted by Crippen LogP contribution is -2.04. The van der Waals surface area contributed by atoms with Crippen LogP contribution in [0.1, 0.15) is 6.42 Å². The van der Waals surface area contributed by atoms with Crippen LogP contribution in [0.5, 0.6) is 0 Å². The molecule has 0 bridgehead atoms. The summed E-state index contributed by atoms with van der Waals surface area (Å²) >= 11 is 0. The van der Waals surface area contributed by atoms with Crippen molar-refractivity contribution in [3.63, 3.8) is 0 Å². The van der Waals surface area contributed by atoms with Crippen molar-refractivity contribution in [2.24, 2.45) is 0 Å². The number of aromatic amines is 1. The highest BCUT2D eigenvalue weighted by atomic mass is 16.6. The van der Waals surface area contributed by atoms with Crippen LogP contribution in [0.4, 0.5) is 11.6 Å². The number of benzene rings is 1. The van der Waals surface area contributed by atoms with Gasteiger partial charge < -0.3 is 15.4 Å². The summed E-state index contributed by atoms with van der Waals surface area (Å²) in [5, 5.41) is 22.2. The van der Waals surface area contributed by atoms with E-state index in [0.29, 0.717) is 29.9 Å². The Balaban J connectivity index is 2.21. The molecule has 2 aromatic rings. The summed E-state index contributed by atoms with van der Waals surface area (Å²) in [6, 6.07) is 4.46. The molecule has 1 aromatic carbocycles. The number of nitro benzene ring substituents is 1. The molecule has 3 N–H and O–H groups in total. The van der Waals surface area contributed by atoms with Gasteiger partial charge in [-0.3, -0.25) is 10.1 Å². The average molecular weight is 236 g/mol. The van der Waals surface area contributed by atoms with Gasteiger partial charge in [0, 0.05) is 25.3 Å². The van der Waals surface area contributed by atoms with Crippen LogP contribution in [-0.2, 0) is 0 Å². The molecule has 0 aliphatic rings. The van der Waals surface area contributed by atoms with E-state index in [0.717, 1.165) is 0 Å². The lowest BCUT2D eigenvalue weighted by atomic mass is 10.3. The molecule has 0 fully saturated rings. The fraction of sp³-hybridized carbons (Fsp3) is 0.300. The molecule has 1 aromatic heterocycles. The van der Waals surface area contributed by atoms with Crippen molar-refractivity contribution < 1.29 is 10.0 Å². The van der Waals surface area contributed by atoms with E-state index in [4.69, 9.17) is 5.11 Å². The van der Waals surface area contributed by atoms with E-state index in [1.165, 1.54) is 12.1 Å². The highest BCUT2D eigenvalue weighted by molar-refractivity contribution is 5.79. The van der Waals surface area contributed by atoms with Crippen molar-refractivity contribution in [2.75, 3.05) is 18.5 Å². The molecule has 0 saturated carbocycles. The third kappa shape index (κ3) is 2.51. The number of non-ortho nitro benzene ring substituents is 1. The number of rotatable bonds is 5. The minimum atomic E-state index is -0.445. The number of anilines is 1. The monoisotopic (exact) mass is 236 g/mol. The molecular formula is C10H12N4O3. The first-order valence-corrected chi connectivity index (χ1v) is 5.19. The summed E-state index contributed by atoms with van der Waals surface area (Å²) in [6.45, 7) is 0.705. The number of hydrogen-bond acceptors (Lipinski definition) is 5. The van der Waals surface area contributed by atoms with Crippen LogP contribution in [0.3, 0.4) is 0 Å². The van der Waals surface area contributed by atoms with Crippen molar-refractivity contribution in [1.82, 2.24) is 9.97 Å². The highest BCUT2D eigenvalue weighted by Crippen LogP contribution is 2.20. The number of fused-ring (bicyclic) bond motifs is 1. The third-order valence-electron chi connectivity index (χ3n) is 2.30. The van der Waals surface area contributed by atoms with Gasteiger partial charge in [0.15, 0.2) is 0 Å². The zero-order chi connectivity index (χ0) is 12.3. The van der Waals surface area contributed by atoms with Crippen LogP contribution >= 0.6 is 0 Å². The number of hydrogen-bond donors (Lipinski definition) is 3. The molecule has 1 heterocycles. The molecule has 0 spiro atoms. The lowest BCUT2D eigenvalue weighted by Gasteiger charge is -1.98. The molecule has 0 unspecified atom stereocenters. The Morgan fingerprint density at radius 3 is 3.06 bits per heavy atom. The van der Waals surface area contributed by atoms with Crippen molar-refractivity contribution in [1.29, 1.82) is 0 Å². The molecule has 7 heteroatoms. The quantitative estimate of drug-likeness (QED) is 0.412. The first-order chi connectivity index (χ1) is 8.20. The Kier molecular flexibility index (Phi) is 3.20. The summed E-state index contributed by atoms with van der Waals surface area (Å²) in [7, 11) is 0. The average Bonchev–Trinajstić information content (AvgIpc) is 2.70. The minimum Gasteiger partial charge on any atom is -0.396 e. The SMILES string of the molecule is O=[N+]([O-])c1ccc2nc(NCCCO)[nH]c2c1. The van der Waals surface area contributed by atoms with E-state index in [2.05, 4.69) is 15.3 Å². The number of H-pyrrole nitrogens is 1. The van der Waals surface area contributed by atoms with Crippen LogP contribution in [-0.4, -0.2) is 33.1 Å². The molecular weight excluding hydrogens is 224 g/mol. The van der Waals surface area contributed by atoms with Gasteiger partial charge in [-0.25, -0.2) is 4.98 Å². The predicted molar refractivity (Wildman–Crippen MR) is 62.9 cm³/mol. The van der Waals surface area contributed by atoms with E-state index in [1.807, 2.05) is 0 Å². The van der Waals surface area contributed by atoms with Crippen LogP contribution in [0.25, 0.3) is 11.0 Å². The largest absolute Gasteiger partial charge is 0.396 e. The van der Waals surface area contributed by atoms with Crippen LogP contribution in [0, 0.1) is 10.1 Å². The highest BCUT2D eigenvalue weighted by Gasteiger charge is 2.09. The molecule has 7 nitrogen and oxygen atoms in total. The maximum absolute atomic E-state index is 10.6. The van der Waals surface area contributed by atoms with Gasteiger partial charge >= 0.3 is 0 Å². The van der Waals surface area contributed by atoms with Gasteiger partial charge in [0.1, 0.15) is 0 Å². The summed E-state index contributed by atoms with van der Waals surface area (Å²) < 4.78 is 0. The Morgan fingerprint density at radius 2 is 2.35 bits per heavy atom. The molecule has 90 valence electrons. The molecule has 0 aliphatic carbocycles. The smallest absolute Gasteiger partial charge is 0.271 e. The first kappa shape index (κ1) is 11.3. The summed E-state index contributed by atoms with van der Waals surface area (Å²) in [5.74, 6) is 0.550. The number of aliphatic hydroxyl groups excluding tert-OH is 1. The summed E-state index contributed by atoms with van der Waals surface area (Å²) in [5.41, 5.74) is 1.32. The van der Waals surface area contributed by atoms with Gasteiger partial charge in [-0.1, -0.05) is 0 Å². The topological polar surface area (TPSA) is 104 Å². The van der Waals surface area contributed by atoms with Crippen molar-refractivity contribution >= 4 is 22.7 Å². The van der Waals surface area contributed by atoms with Gasteiger partial charge in [0.05, 0.1) is 16.0 Å². The Bertz CT molecular complexity index is 537. The number of nitrogens with zero attached hydrogens (tertiary/aromatic N) is 2. The first-order valence-electron chi connectivity index (χ1n) is 5.19. The number of nitrogens with one attached hydrogen (secondary N) is 2. The van der Waals surface area contributed by atoms with Crippen molar-refractivity contribution in [2.45, 2.75) is 6.42 Å². The molecule has 2 rings (SSSR count). The number of nitro groups is 1. The predicted octanol–water partition coefficient (Wildman–Crippen LogP) is 1.27. The van der Waals surface area contributed by atoms with E-state index in [1.54, 1.807) is 6.07 Å². The van der Waals surface area contributed by atoms with E-state index < -0.39 is 4.92 Å². The molecule has 0 atom stereocenters. The normalized spacial score (nSPS) is 10.6. The third-order valence-corrected chi connectivity index (χ3v) is 2.30. The standard InChI is InChI=1S/C10H12N4O3/c15-5-1-4-11-10-12-8-3-2-7(14(16)17)6-9(8)13-10/h2-3,6,15H,1,4-5H2,(H2,11,12,13). The zero-order valence-corrected chi connectivity index (χ0v) is 9.01. The van der Waals surface area contributed by atoms with Crippen molar-refractivity contribution in [3.8, 4) is 0 Å².